The molecule has 0 unspecified atom stereocenters. The van der Waals surface area contributed by atoms with Crippen molar-refractivity contribution in [1.82, 2.24) is 0 Å². The lowest BCUT2D eigenvalue weighted by Gasteiger charge is -2.06. The summed E-state index contributed by atoms with van der Waals surface area (Å²) in [5.74, 6) is 0.940. The molecule has 3 heteroatoms. The molecule has 0 fully saturated rings. The van der Waals surface area contributed by atoms with E-state index in [0.717, 1.165) is 27.2 Å². The maximum absolute atomic E-state index is 3.65. The Morgan fingerprint density at radius 3 is 2.00 bits per heavy atom. The first kappa shape index (κ1) is 16.5. The van der Waals surface area contributed by atoms with Crippen molar-refractivity contribution in [2.45, 2.75) is 13.8 Å². The van der Waals surface area contributed by atoms with Gasteiger partial charge in [-0.1, -0.05) is 47.5 Å². The van der Waals surface area contributed by atoms with Crippen LogP contribution in [-0.2, 0) is 0 Å². The van der Waals surface area contributed by atoms with Gasteiger partial charge in [-0.15, -0.1) is 0 Å². The van der Waals surface area contributed by atoms with E-state index in [1.165, 1.54) is 11.1 Å². The van der Waals surface area contributed by atoms with Gasteiger partial charge in [-0.05, 0) is 66.2 Å². The molecule has 0 aliphatic heterocycles. The largest absolute Gasteiger partial charge is 0.286 e. The summed E-state index contributed by atoms with van der Waals surface area (Å²) in [7, 11) is 0. The van der Waals surface area contributed by atoms with Crippen molar-refractivity contribution in [3.05, 3.63) is 94.0 Å². The van der Waals surface area contributed by atoms with Crippen molar-refractivity contribution in [2.24, 2.45) is 0 Å². The Labute approximate surface area is 151 Å². The summed E-state index contributed by atoms with van der Waals surface area (Å²) in [5, 5.41) is 3.50. The van der Waals surface area contributed by atoms with Crippen LogP contribution in [0.3, 0.4) is 0 Å². The zero-order valence-electron chi connectivity index (χ0n) is 13.8. The minimum Gasteiger partial charge on any atom is -0.240 e. The number of halogens is 1. The molecular weight excluding hydrogens is 360 g/mol. The zero-order chi connectivity index (χ0) is 16.9. The normalized spacial score (nSPS) is 11.4. The van der Waals surface area contributed by atoms with E-state index in [-0.39, 0.29) is 0 Å². The monoisotopic (exact) mass is 379 g/mol. The van der Waals surface area contributed by atoms with Crippen molar-refractivity contribution in [1.29, 1.82) is 0 Å². The molecule has 0 atom stereocenters. The van der Waals surface area contributed by atoms with Gasteiger partial charge >= 0.3 is 0 Å². The number of anilines is 1. The Hall–Kier alpha value is -2.39. The smallest absolute Gasteiger partial charge is 0.240 e. The van der Waals surface area contributed by atoms with Crippen LogP contribution in [-0.4, -0.2) is 5.84 Å². The van der Waals surface area contributed by atoms with Gasteiger partial charge in [0.25, 0.3) is 5.84 Å². The Morgan fingerprint density at radius 1 is 0.792 bits per heavy atom. The highest BCUT2D eigenvalue weighted by molar-refractivity contribution is 9.10. The first-order valence-electron chi connectivity index (χ1n) is 7.91. The quantitative estimate of drug-likeness (QED) is 0.513. The van der Waals surface area contributed by atoms with Crippen LogP contribution in [0.5, 0.6) is 0 Å². The predicted molar refractivity (Wildman–Crippen MR) is 105 cm³/mol. The molecule has 0 aromatic heterocycles. The minimum absolute atomic E-state index is 0.940. The third-order valence-corrected chi connectivity index (χ3v) is 4.48. The van der Waals surface area contributed by atoms with E-state index < -0.39 is 0 Å². The fourth-order valence-electron chi connectivity index (χ4n) is 2.39. The number of hydrogen-bond donors (Lipinski definition) is 2. The van der Waals surface area contributed by atoms with Gasteiger partial charge in [0.1, 0.15) is 11.4 Å². The average molecular weight is 380 g/mol. The molecule has 0 aliphatic carbocycles. The molecule has 3 rings (SSSR count). The number of benzene rings is 3. The van der Waals surface area contributed by atoms with E-state index >= 15 is 0 Å². The van der Waals surface area contributed by atoms with Crippen LogP contribution in [0.1, 0.15) is 16.7 Å². The van der Waals surface area contributed by atoms with E-state index in [4.69, 9.17) is 0 Å². The van der Waals surface area contributed by atoms with Gasteiger partial charge in [0.05, 0.1) is 5.56 Å². The summed E-state index contributed by atoms with van der Waals surface area (Å²) in [5.41, 5.74) is 5.67. The van der Waals surface area contributed by atoms with Crippen LogP contribution < -0.4 is 10.3 Å². The molecule has 0 radical (unpaired) electrons. The Bertz CT molecular complexity index is 850. The highest BCUT2D eigenvalue weighted by Crippen LogP contribution is 2.17. The summed E-state index contributed by atoms with van der Waals surface area (Å²) in [6.07, 6.45) is 0. The molecule has 120 valence electrons. The van der Waals surface area contributed by atoms with Crippen LogP contribution in [0.15, 0.2) is 77.3 Å². The third-order valence-electron chi connectivity index (χ3n) is 3.79. The van der Waals surface area contributed by atoms with Crippen molar-refractivity contribution in [3.8, 4) is 0 Å². The third kappa shape index (κ3) is 4.12. The molecule has 0 spiro atoms. The number of amidine groups is 1. The Morgan fingerprint density at radius 2 is 1.38 bits per heavy atom. The lowest BCUT2D eigenvalue weighted by Crippen LogP contribution is -2.68. The van der Waals surface area contributed by atoms with Crippen molar-refractivity contribution in [3.63, 3.8) is 0 Å². The van der Waals surface area contributed by atoms with Gasteiger partial charge in [0.2, 0.25) is 0 Å². The second-order valence-corrected chi connectivity index (χ2v) is 6.69. The van der Waals surface area contributed by atoms with E-state index in [1.807, 2.05) is 18.2 Å². The lowest BCUT2D eigenvalue weighted by atomic mass is 10.1. The van der Waals surface area contributed by atoms with Crippen LogP contribution >= 0.6 is 15.9 Å². The Kier molecular flexibility index (Phi) is 5.11. The topological polar surface area (TPSA) is 26.0 Å². The molecule has 3 aromatic carbocycles. The molecule has 2 N–H and O–H groups in total. The fraction of sp³-hybridized carbons (Fsp3) is 0.0952. The molecular formula is C21H20BrN2+. The SMILES string of the molecule is Cc1ccc(NC(=[NH+]c2ccc(C)cc2)c2ccccc2Br)cc1. The number of aryl methyl sites for hydroxylation is 2. The van der Waals surface area contributed by atoms with E-state index in [0.29, 0.717) is 0 Å². The first-order valence-corrected chi connectivity index (χ1v) is 8.70. The standard InChI is InChI=1S/C21H19BrN2/c1-15-7-11-17(12-8-15)23-21(19-5-3-4-6-20(19)22)24-18-13-9-16(2)10-14-18/h3-14H,1-2H3,(H,23,24)/p+1. The molecule has 0 aliphatic rings. The molecule has 3 aromatic rings. The summed E-state index contributed by atoms with van der Waals surface area (Å²) in [6.45, 7) is 4.18. The second-order valence-electron chi connectivity index (χ2n) is 5.84. The molecule has 0 bridgehead atoms. The minimum atomic E-state index is 0.940. The molecule has 24 heavy (non-hydrogen) atoms. The van der Waals surface area contributed by atoms with Crippen molar-refractivity contribution < 1.29 is 4.99 Å². The van der Waals surface area contributed by atoms with E-state index in [2.05, 4.69) is 94.7 Å². The van der Waals surface area contributed by atoms with Crippen molar-refractivity contribution in [2.75, 3.05) is 5.32 Å². The second kappa shape index (κ2) is 7.45. The summed E-state index contributed by atoms with van der Waals surface area (Å²) < 4.78 is 1.04. The number of nitrogens with one attached hydrogen (secondary N) is 2. The predicted octanol–water partition coefficient (Wildman–Crippen LogP) is 4.34. The number of rotatable bonds is 3. The van der Waals surface area contributed by atoms with Crippen molar-refractivity contribution >= 4 is 33.1 Å². The van der Waals surface area contributed by atoms with E-state index in [9.17, 15) is 0 Å². The highest BCUT2D eigenvalue weighted by atomic mass is 79.9. The molecule has 0 saturated carbocycles. The van der Waals surface area contributed by atoms with Gasteiger partial charge in [0, 0.05) is 4.47 Å². The molecule has 0 saturated heterocycles. The van der Waals surface area contributed by atoms with Gasteiger partial charge < -0.3 is 0 Å². The van der Waals surface area contributed by atoms with Crippen LogP contribution in [0.4, 0.5) is 11.4 Å². The van der Waals surface area contributed by atoms with Crippen LogP contribution in [0, 0.1) is 13.8 Å². The molecule has 0 heterocycles. The summed E-state index contributed by atoms with van der Waals surface area (Å²) in [6, 6.07) is 24.9. The first-order chi connectivity index (χ1) is 11.6. The average Bonchev–Trinajstić information content (AvgIpc) is 2.59. The summed E-state index contributed by atoms with van der Waals surface area (Å²) >= 11 is 3.65. The number of hydrogen-bond acceptors (Lipinski definition) is 0. The Balaban J connectivity index is 2.01. The van der Waals surface area contributed by atoms with Gasteiger partial charge in [-0.2, -0.15) is 0 Å². The van der Waals surface area contributed by atoms with Crippen LogP contribution in [0.25, 0.3) is 0 Å². The highest BCUT2D eigenvalue weighted by Gasteiger charge is 2.15. The van der Waals surface area contributed by atoms with Gasteiger partial charge in [0.15, 0.2) is 0 Å². The maximum Gasteiger partial charge on any atom is 0.286 e. The molecule has 2 nitrogen and oxygen atoms in total. The maximum atomic E-state index is 3.65. The van der Waals surface area contributed by atoms with E-state index in [1.54, 1.807) is 0 Å². The fourth-order valence-corrected chi connectivity index (χ4v) is 2.88. The molecule has 0 amide bonds. The lowest BCUT2D eigenvalue weighted by molar-refractivity contribution is -0.353. The summed E-state index contributed by atoms with van der Waals surface area (Å²) in [4.78, 5) is 3.50. The van der Waals surface area contributed by atoms with Crippen LogP contribution in [0.2, 0.25) is 0 Å². The van der Waals surface area contributed by atoms with Gasteiger partial charge in [-0.25, -0.2) is 10.3 Å². The van der Waals surface area contributed by atoms with Gasteiger partial charge in [-0.3, -0.25) is 0 Å². The zero-order valence-corrected chi connectivity index (χ0v) is 15.4.